The molecular weight excluding hydrogens is 328 g/mol. The minimum atomic E-state index is -0.140. The SMILES string of the molecule is CCCC[C@H](CC)COC(=O)CCCCC(=O)OC[C@@H](CC)CCCC. The normalized spacial score (nSPS) is 13.2. The Bertz CT molecular complexity index is 320. The van der Waals surface area contributed by atoms with Crippen molar-refractivity contribution >= 4 is 11.9 Å². The average Bonchev–Trinajstić information content (AvgIpc) is 2.65. The van der Waals surface area contributed by atoms with Crippen LogP contribution in [0.25, 0.3) is 0 Å². The second-order valence-corrected chi connectivity index (χ2v) is 7.41. The van der Waals surface area contributed by atoms with Gasteiger partial charge in [0, 0.05) is 12.8 Å². The predicted octanol–water partition coefficient (Wildman–Crippen LogP) is 6.07. The van der Waals surface area contributed by atoms with E-state index in [0.29, 0.717) is 50.7 Å². The van der Waals surface area contributed by atoms with E-state index in [9.17, 15) is 9.59 Å². The molecule has 4 nitrogen and oxygen atoms in total. The summed E-state index contributed by atoms with van der Waals surface area (Å²) in [7, 11) is 0. The van der Waals surface area contributed by atoms with Crippen molar-refractivity contribution in [2.24, 2.45) is 11.8 Å². The molecule has 0 radical (unpaired) electrons. The van der Waals surface area contributed by atoms with Gasteiger partial charge in [0.25, 0.3) is 0 Å². The van der Waals surface area contributed by atoms with E-state index in [1.807, 2.05) is 0 Å². The standard InChI is InChI=1S/C22H42O4/c1-5-9-13-19(7-3)17-25-21(23)15-11-12-16-22(24)26-18-20(8-4)14-10-6-2/h19-20H,5-18H2,1-4H3/t19-,20-/m0/s1. The van der Waals surface area contributed by atoms with E-state index in [-0.39, 0.29) is 11.9 Å². The van der Waals surface area contributed by atoms with Gasteiger partial charge in [-0.15, -0.1) is 0 Å². The van der Waals surface area contributed by atoms with Gasteiger partial charge in [0.05, 0.1) is 13.2 Å². The van der Waals surface area contributed by atoms with E-state index < -0.39 is 0 Å². The fourth-order valence-corrected chi connectivity index (χ4v) is 2.90. The summed E-state index contributed by atoms with van der Waals surface area (Å²) in [4.78, 5) is 23.6. The predicted molar refractivity (Wildman–Crippen MR) is 107 cm³/mol. The van der Waals surface area contributed by atoms with Crippen molar-refractivity contribution < 1.29 is 19.1 Å². The highest BCUT2D eigenvalue weighted by Gasteiger charge is 2.12. The molecule has 0 saturated carbocycles. The van der Waals surface area contributed by atoms with Crippen LogP contribution < -0.4 is 0 Å². The topological polar surface area (TPSA) is 52.6 Å². The molecule has 4 heteroatoms. The smallest absolute Gasteiger partial charge is 0.305 e. The van der Waals surface area contributed by atoms with Crippen LogP contribution >= 0.6 is 0 Å². The zero-order valence-corrected chi connectivity index (χ0v) is 17.7. The first-order valence-electron chi connectivity index (χ1n) is 10.9. The minimum absolute atomic E-state index is 0.140. The van der Waals surface area contributed by atoms with Gasteiger partial charge in [-0.05, 0) is 37.5 Å². The first kappa shape index (κ1) is 24.9. The third kappa shape index (κ3) is 14.1. The summed E-state index contributed by atoms with van der Waals surface area (Å²) in [6.07, 6.45) is 11.3. The molecule has 0 fully saturated rings. The number of hydrogen-bond acceptors (Lipinski definition) is 4. The number of esters is 2. The second kappa shape index (κ2) is 17.4. The van der Waals surface area contributed by atoms with Crippen LogP contribution in [0.4, 0.5) is 0 Å². The molecule has 0 rings (SSSR count). The molecule has 0 bridgehead atoms. The highest BCUT2D eigenvalue weighted by molar-refractivity contribution is 5.70. The molecule has 154 valence electrons. The van der Waals surface area contributed by atoms with Crippen LogP contribution in [-0.4, -0.2) is 25.2 Å². The van der Waals surface area contributed by atoms with Crippen LogP contribution in [0.1, 0.15) is 105 Å². The number of carbonyl (C=O) groups excluding carboxylic acids is 2. The van der Waals surface area contributed by atoms with Crippen molar-refractivity contribution in [2.45, 2.75) is 105 Å². The van der Waals surface area contributed by atoms with E-state index >= 15 is 0 Å². The minimum Gasteiger partial charge on any atom is -0.465 e. The van der Waals surface area contributed by atoms with Crippen LogP contribution in [0.5, 0.6) is 0 Å². The van der Waals surface area contributed by atoms with Gasteiger partial charge in [-0.1, -0.05) is 66.2 Å². The van der Waals surface area contributed by atoms with Crippen LogP contribution in [0, 0.1) is 11.8 Å². The van der Waals surface area contributed by atoms with Gasteiger partial charge in [0.2, 0.25) is 0 Å². The fourth-order valence-electron chi connectivity index (χ4n) is 2.90. The Morgan fingerprint density at radius 1 is 0.654 bits per heavy atom. The fraction of sp³-hybridized carbons (Fsp3) is 0.909. The third-order valence-electron chi connectivity index (χ3n) is 5.06. The Kier molecular flexibility index (Phi) is 16.7. The number of ether oxygens (including phenoxy) is 2. The van der Waals surface area contributed by atoms with E-state index in [1.165, 1.54) is 25.7 Å². The molecule has 0 N–H and O–H groups in total. The van der Waals surface area contributed by atoms with Gasteiger partial charge in [-0.3, -0.25) is 9.59 Å². The molecule has 0 heterocycles. The van der Waals surface area contributed by atoms with Crippen LogP contribution in [0.2, 0.25) is 0 Å². The zero-order chi connectivity index (χ0) is 19.6. The largest absolute Gasteiger partial charge is 0.465 e. The van der Waals surface area contributed by atoms with Crippen LogP contribution in [0.15, 0.2) is 0 Å². The zero-order valence-electron chi connectivity index (χ0n) is 17.7. The molecule has 2 atom stereocenters. The highest BCUT2D eigenvalue weighted by atomic mass is 16.5. The Labute approximate surface area is 161 Å². The molecule has 0 aliphatic heterocycles. The molecule has 0 aliphatic carbocycles. The summed E-state index contributed by atoms with van der Waals surface area (Å²) in [5.74, 6) is 0.680. The summed E-state index contributed by atoms with van der Waals surface area (Å²) in [5, 5.41) is 0. The van der Waals surface area contributed by atoms with Crippen molar-refractivity contribution in [1.82, 2.24) is 0 Å². The monoisotopic (exact) mass is 370 g/mol. The van der Waals surface area contributed by atoms with Crippen molar-refractivity contribution in [2.75, 3.05) is 13.2 Å². The average molecular weight is 371 g/mol. The number of rotatable bonds is 17. The summed E-state index contributed by atoms with van der Waals surface area (Å²) < 4.78 is 10.8. The molecule has 0 aromatic heterocycles. The van der Waals surface area contributed by atoms with Crippen molar-refractivity contribution in [3.8, 4) is 0 Å². The molecule has 0 spiro atoms. The quantitative estimate of drug-likeness (QED) is 0.230. The molecule has 0 amide bonds. The van der Waals surface area contributed by atoms with Gasteiger partial charge < -0.3 is 9.47 Å². The first-order valence-corrected chi connectivity index (χ1v) is 10.9. The summed E-state index contributed by atoms with van der Waals surface area (Å²) in [5.41, 5.74) is 0. The van der Waals surface area contributed by atoms with E-state index in [0.717, 1.165) is 25.7 Å². The molecule has 26 heavy (non-hydrogen) atoms. The molecule has 0 aromatic rings. The number of hydrogen-bond donors (Lipinski definition) is 0. The van der Waals surface area contributed by atoms with Gasteiger partial charge >= 0.3 is 11.9 Å². The van der Waals surface area contributed by atoms with Gasteiger partial charge in [-0.25, -0.2) is 0 Å². The Hall–Kier alpha value is -1.06. The maximum atomic E-state index is 11.8. The molecular formula is C22H42O4. The highest BCUT2D eigenvalue weighted by Crippen LogP contribution is 2.15. The molecule has 0 saturated heterocycles. The number of unbranched alkanes of at least 4 members (excludes halogenated alkanes) is 3. The van der Waals surface area contributed by atoms with Gasteiger partial charge in [0.1, 0.15) is 0 Å². The lowest BCUT2D eigenvalue weighted by molar-refractivity contribution is -0.147. The van der Waals surface area contributed by atoms with E-state index in [1.54, 1.807) is 0 Å². The van der Waals surface area contributed by atoms with Crippen molar-refractivity contribution in [3.63, 3.8) is 0 Å². The maximum Gasteiger partial charge on any atom is 0.305 e. The maximum absolute atomic E-state index is 11.8. The Balaban J connectivity index is 3.73. The van der Waals surface area contributed by atoms with Crippen molar-refractivity contribution in [1.29, 1.82) is 0 Å². The molecule has 0 aliphatic rings. The lowest BCUT2D eigenvalue weighted by Crippen LogP contribution is -2.15. The third-order valence-corrected chi connectivity index (χ3v) is 5.06. The Morgan fingerprint density at radius 3 is 1.35 bits per heavy atom. The van der Waals surface area contributed by atoms with E-state index in [4.69, 9.17) is 9.47 Å². The first-order chi connectivity index (χ1) is 12.6. The van der Waals surface area contributed by atoms with Crippen molar-refractivity contribution in [3.05, 3.63) is 0 Å². The lowest BCUT2D eigenvalue weighted by atomic mass is 10.0. The second-order valence-electron chi connectivity index (χ2n) is 7.41. The van der Waals surface area contributed by atoms with Crippen LogP contribution in [-0.2, 0) is 19.1 Å². The van der Waals surface area contributed by atoms with Gasteiger partial charge in [-0.2, -0.15) is 0 Å². The Morgan fingerprint density at radius 2 is 1.04 bits per heavy atom. The summed E-state index contributed by atoms with van der Waals surface area (Å²) >= 11 is 0. The van der Waals surface area contributed by atoms with E-state index in [2.05, 4.69) is 27.7 Å². The summed E-state index contributed by atoms with van der Waals surface area (Å²) in [6, 6.07) is 0. The number of carbonyl (C=O) groups is 2. The van der Waals surface area contributed by atoms with Crippen LogP contribution in [0.3, 0.4) is 0 Å². The molecule has 0 unspecified atom stereocenters. The molecule has 0 aromatic carbocycles. The lowest BCUT2D eigenvalue weighted by Gasteiger charge is -2.15. The summed E-state index contributed by atoms with van der Waals surface area (Å²) in [6.45, 7) is 9.71. The van der Waals surface area contributed by atoms with Gasteiger partial charge in [0.15, 0.2) is 0 Å².